The van der Waals surface area contributed by atoms with Crippen molar-refractivity contribution in [3.8, 4) is 0 Å². The summed E-state index contributed by atoms with van der Waals surface area (Å²) in [6.45, 7) is 3.51. The maximum absolute atomic E-state index is 12.3. The number of ether oxygens (including phenoxy) is 2. The average molecular weight is 586 g/mol. The van der Waals surface area contributed by atoms with Gasteiger partial charge in [-0.2, -0.15) is 0 Å². The van der Waals surface area contributed by atoms with E-state index < -0.39 is 43.4 Å². The van der Waals surface area contributed by atoms with Crippen LogP contribution in [0.5, 0.6) is 0 Å². The van der Waals surface area contributed by atoms with Crippen LogP contribution in [0.15, 0.2) is 11.3 Å². The zero-order chi connectivity index (χ0) is 30.4. The Morgan fingerprint density at radius 1 is 0.829 bits per heavy atom. The largest absolute Gasteiger partial charge is 0.511 e. The lowest BCUT2D eigenvalue weighted by molar-refractivity contribution is -0.301. The number of nitrogens with zero attached hydrogens (tertiary/aromatic N) is 1. The lowest BCUT2D eigenvalue weighted by Gasteiger charge is -2.39. The number of allylic oxidation sites excluding steroid dienone is 1. The van der Waals surface area contributed by atoms with Crippen LogP contribution in [0.4, 0.5) is 0 Å². The van der Waals surface area contributed by atoms with Crippen LogP contribution in [0.3, 0.4) is 0 Å². The van der Waals surface area contributed by atoms with Gasteiger partial charge < -0.3 is 39.9 Å². The Hall–Kier alpha value is -1.56. The molecule has 0 bridgehead atoms. The summed E-state index contributed by atoms with van der Waals surface area (Å²) in [5.41, 5.74) is -0.0211. The quantitative estimate of drug-likeness (QED) is 0.0624. The fourth-order valence-electron chi connectivity index (χ4n) is 5.54. The highest BCUT2D eigenvalue weighted by atomic mass is 16.7. The van der Waals surface area contributed by atoms with Crippen LogP contribution in [0, 0.1) is 5.92 Å². The number of hydrogen-bond donors (Lipinski definition) is 5. The van der Waals surface area contributed by atoms with E-state index >= 15 is 0 Å². The highest BCUT2D eigenvalue weighted by Crippen LogP contribution is 2.27. The van der Waals surface area contributed by atoms with E-state index in [1.54, 1.807) is 14.0 Å². The summed E-state index contributed by atoms with van der Waals surface area (Å²) >= 11 is 0. The molecule has 2 heterocycles. The molecule has 0 radical (unpaired) electrons. The first kappa shape index (κ1) is 35.6. The van der Waals surface area contributed by atoms with Crippen molar-refractivity contribution in [1.29, 1.82) is 0 Å². The minimum absolute atomic E-state index is 0.0211. The molecule has 238 valence electrons. The molecule has 2 rings (SSSR count). The zero-order valence-electron chi connectivity index (χ0n) is 25.4. The van der Waals surface area contributed by atoms with Crippen LogP contribution in [0.1, 0.15) is 110 Å². The molecule has 0 aromatic rings. The third-order valence-electron chi connectivity index (χ3n) is 8.63. The van der Waals surface area contributed by atoms with Crippen molar-refractivity contribution in [3.63, 3.8) is 0 Å². The van der Waals surface area contributed by atoms with Gasteiger partial charge in [-0.25, -0.2) is 0 Å². The number of likely N-dealkylation sites (tertiary alicyclic amines) is 1. The molecular weight excluding hydrogens is 530 g/mol. The van der Waals surface area contributed by atoms with E-state index in [0.29, 0.717) is 6.61 Å². The molecule has 0 aromatic carbocycles. The Morgan fingerprint density at radius 3 is 1.78 bits per heavy atom. The molecule has 41 heavy (non-hydrogen) atoms. The molecule has 1 amide bonds. The molecule has 0 aliphatic carbocycles. The number of rotatable bonds is 20. The maximum atomic E-state index is 12.3. The van der Waals surface area contributed by atoms with Crippen molar-refractivity contribution in [3.05, 3.63) is 11.3 Å². The predicted molar refractivity (Wildman–Crippen MR) is 155 cm³/mol. The van der Waals surface area contributed by atoms with Crippen molar-refractivity contribution in [2.45, 2.75) is 147 Å². The van der Waals surface area contributed by atoms with E-state index in [0.717, 1.165) is 38.5 Å². The van der Waals surface area contributed by atoms with Gasteiger partial charge in [-0.05, 0) is 19.8 Å². The van der Waals surface area contributed by atoms with Gasteiger partial charge in [0.1, 0.15) is 35.7 Å². The molecule has 0 spiro atoms. The summed E-state index contributed by atoms with van der Waals surface area (Å²) in [6, 6.07) is -0.499. The fourth-order valence-corrected chi connectivity index (χ4v) is 5.54. The molecule has 5 N–H and O–H groups in total. The van der Waals surface area contributed by atoms with Gasteiger partial charge in [0.25, 0.3) is 5.91 Å². The van der Waals surface area contributed by atoms with E-state index in [1.807, 2.05) is 6.92 Å². The number of amides is 1. The van der Waals surface area contributed by atoms with Crippen molar-refractivity contribution < 1.29 is 44.6 Å². The monoisotopic (exact) mass is 585 g/mol. The Bertz CT molecular complexity index is 795. The standard InChI is InChI=1S/C31H55NO9/c1-21(25(34)24-26(35)22(2)32(3)30(24)39)18-16-14-12-10-8-6-4-5-7-9-11-13-15-17-19-40-31-29(38)28(37)27(36)23(20-33)41-31/h21-23,27-29,31,33-34,36-38H,4-20H2,1-3H3/b25-24+/t21-,22-,23?,27+,28?,29?,31+/m0/s1. The van der Waals surface area contributed by atoms with Gasteiger partial charge in [0.05, 0.1) is 12.6 Å². The lowest BCUT2D eigenvalue weighted by Crippen LogP contribution is -2.59. The van der Waals surface area contributed by atoms with Crippen molar-refractivity contribution in [1.82, 2.24) is 4.90 Å². The van der Waals surface area contributed by atoms with Crippen LogP contribution in [-0.4, -0.2) is 99.1 Å². The lowest BCUT2D eigenvalue weighted by atomic mass is 9.95. The van der Waals surface area contributed by atoms with Crippen LogP contribution >= 0.6 is 0 Å². The average Bonchev–Trinajstić information content (AvgIpc) is 3.15. The molecule has 2 fully saturated rings. The highest BCUT2D eigenvalue weighted by Gasteiger charge is 2.44. The first-order valence-corrected chi connectivity index (χ1v) is 15.8. The van der Waals surface area contributed by atoms with Crippen LogP contribution in [-0.2, 0) is 19.1 Å². The van der Waals surface area contributed by atoms with Gasteiger partial charge in [0, 0.05) is 19.6 Å². The molecule has 10 heteroatoms. The molecular formula is C31H55NO9. The Labute approximate surface area is 245 Å². The van der Waals surface area contributed by atoms with Gasteiger partial charge in [-0.15, -0.1) is 0 Å². The molecule has 2 aliphatic rings. The molecule has 7 atom stereocenters. The Kier molecular flexibility index (Phi) is 16.4. The smallest absolute Gasteiger partial charge is 0.261 e. The Balaban J connectivity index is 1.37. The summed E-state index contributed by atoms with van der Waals surface area (Å²) < 4.78 is 10.9. The minimum Gasteiger partial charge on any atom is -0.511 e. The second kappa shape index (κ2) is 18.9. The van der Waals surface area contributed by atoms with Crippen LogP contribution < -0.4 is 0 Å². The van der Waals surface area contributed by atoms with E-state index in [9.17, 15) is 35.1 Å². The third kappa shape index (κ3) is 10.9. The first-order chi connectivity index (χ1) is 19.6. The number of Topliss-reactive ketones (excluding diaryl/α,β-unsaturated/α-hetero) is 1. The molecule has 2 saturated heterocycles. The van der Waals surface area contributed by atoms with Crippen molar-refractivity contribution in [2.75, 3.05) is 20.3 Å². The van der Waals surface area contributed by atoms with Crippen molar-refractivity contribution in [2.24, 2.45) is 5.92 Å². The van der Waals surface area contributed by atoms with Crippen LogP contribution in [0.25, 0.3) is 0 Å². The summed E-state index contributed by atoms with van der Waals surface area (Å²) in [5.74, 6) is -0.872. The molecule has 2 aliphatic heterocycles. The fraction of sp³-hybridized carbons (Fsp3) is 0.871. The second-order valence-corrected chi connectivity index (χ2v) is 11.9. The number of unbranched alkanes of at least 4 members (excludes halogenated alkanes) is 13. The number of ketones is 1. The van der Waals surface area contributed by atoms with Gasteiger partial charge in [-0.3, -0.25) is 9.59 Å². The van der Waals surface area contributed by atoms with E-state index in [-0.39, 0.29) is 28.9 Å². The molecule has 3 unspecified atom stereocenters. The minimum atomic E-state index is -1.40. The summed E-state index contributed by atoms with van der Waals surface area (Å²) in [7, 11) is 1.59. The zero-order valence-corrected chi connectivity index (χ0v) is 25.4. The molecule has 0 aromatic heterocycles. The van der Waals surface area contributed by atoms with E-state index in [2.05, 4.69) is 0 Å². The topological polar surface area (TPSA) is 157 Å². The predicted octanol–water partition coefficient (Wildman–Crippen LogP) is 3.53. The van der Waals surface area contributed by atoms with Crippen molar-refractivity contribution >= 4 is 11.7 Å². The van der Waals surface area contributed by atoms with Gasteiger partial charge in [0.2, 0.25) is 0 Å². The second-order valence-electron chi connectivity index (χ2n) is 11.9. The summed E-state index contributed by atoms with van der Waals surface area (Å²) in [4.78, 5) is 25.9. The number of likely N-dealkylation sites (N-methyl/N-ethyl adjacent to an activating group) is 1. The van der Waals surface area contributed by atoms with E-state index in [1.165, 1.54) is 62.7 Å². The number of hydrogen-bond acceptors (Lipinski definition) is 9. The maximum Gasteiger partial charge on any atom is 0.261 e. The first-order valence-electron chi connectivity index (χ1n) is 15.8. The van der Waals surface area contributed by atoms with Gasteiger partial charge in [0.15, 0.2) is 12.1 Å². The number of aliphatic hydroxyl groups excluding tert-OH is 5. The van der Waals surface area contributed by atoms with Gasteiger partial charge in [-0.1, -0.05) is 90.4 Å². The number of aliphatic hydroxyl groups is 5. The van der Waals surface area contributed by atoms with E-state index in [4.69, 9.17) is 9.47 Å². The Morgan fingerprint density at radius 2 is 1.32 bits per heavy atom. The highest BCUT2D eigenvalue weighted by molar-refractivity contribution is 6.26. The molecule has 0 saturated carbocycles. The number of carbonyl (C=O) groups excluding carboxylic acids is 2. The normalized spacial score (nSPS) is 28.9. The third-order valence-corrected chi connectivity index (χ3v) is 8.63. The summed E-state index contributed by atoms with van der Waals surface area (Å²) in [6.07, 6.45) is 10.8. The molecule has 10 nitrogen and oxygen atoms in total. The number of carbonyl (C=O) groups is 2. The summed E-state index contributed by atoms with van der Waals surface area (Å²) in [5, 5.41) is 49.2. The SMILES string of the molecule is C[C@@H](CCCCCCCCCCCCCCCCO[C@@H]1OC(CO)[C@@H](O)C(O)C1O)/C(O)=C1/C(=O)[C@H](C)N(C)C1=O. The van der Waals surface area contributed by atoms with Gasteiger partial charge >= 0.3 is 0 Å². The van der Waals surface area contributed by atoms with Crippen LogP contribution in [0.2, 0.25) is 0 Å².